The maximum Gasteiger partial charge on any atom is 0.134 e. The van der Waals surface area contributed by atoms with Gasteiger partial charge in [0.2, 0.25) is 0 Å². The number of nitrogens with zero attached hydrogens (tertiary/aromatic N) is 1. The first kappa shape index (κ1) is 19.0. The molecule has 1 aliphatic heterocycles. The van der Waals surface area contributed by atoms with Gasteiger partial charge < -0.3 is 15.6 Å². The van der Waals surface area contributed by atoms with Gasteiger partial charge in [-0.05, 0) is 37.6 Å². The van der Waals surface area contributed by atoms with Crippen LogP contribution in [0, 0.1) is 0 Å². The van der Waals surface area contributed by atoms with Crippen molar-refractivity contribution in [2.45, 2.75) is 31.7 Å². The Hall–Kier alpha value is -1.79. The van der Waals surface area contributed by atoms with E-state index in [4.69, 9.17) is 22.1 Å². The lowest BCUT2D eigenvalue weighted by Gasteiger charge is -2.33. The molecule has 0 saturated carbocycles. The average molecular weight is 376 g/mol. The highest BCUT2D eigenvalue weighted by Crippen LogP contribution is 2.32. The van der Waals surface area contributed by atoms with Crippen LogP contribution in [0.2, 0.25) is 5.02 Å². The molecule has 0 spiro atoms. The highest BCUT2D eigenvalue weighted by molar-refractivity contribution is 6.33. The number of piperidine rings is 1. The molecule has 6 heteroatoms. The monoisotopic (exact) mass is 375 g/mol. The van der Waals surface area contributed by atoms with Crippen molar-refractivity contribution < 1.29 is 9.84 Å². The number of anilines is 1. The zero-order valence-electron chi connectivity index (χ0n) is 15.0. The van der Waals surface area contributed by atoms with Crippen molar-refractivity contribution in [2.75, 3.05) is 25.9 Å². The number of hydrogen-bond donors (Lipinski definition) is 3. The Morgan fingerprint density at radius 1 is 1.27 bits per heavy atom. The third-order valence-corrected chi connectivity index (χ3v) is 5.20. The Bertz CT molecular complexity index is 718. The first-order valence-corrected chi connectivity index (χ1v) is 9.28. The number of nitrogens with two attached hydrogens (primary N) is 1. The van der Waals surface area contributed by atoms with Gasteiger partial charge in [-0.25, -0.2) is 0 Å². The number of rotatable bonds is 6. The van der Waals surface area contributed by atoms with Crippen LogP contribution < -0.4 is 15.8 Å². The van der Waals surface area contributed by atoms with E-state index in [9.17, 15) is 5.11 Å². The van der Waals surface area contributed by atoms with Gasteiger partial charge in [-0.2, -0.15) is 0 Å². The third-order valence-electron chi connectivity index (χ3n) is 4.87. The Labute approximate surface area is 159 Å². The van der Waals surface area contributed by atoms with Gasteiger partial charge in [-0.1, -0.05) is 41.9 Å². The van der Waals surface area contributed by atoms with Crippen LogP contribution in [0.15, 0.2) is 42.5 Å². The zero-order valence-corrected chi connectivity index (χ0v) is 15.7. The predicted octanol–water partition coefficient (Wildman–Crippen LogP) is 3.18. The molecule has 4 N–H and O–H groups in total. The molecule has 5 nitrogen and oxygen atoms in total. The van der Waals surface area contributed by atoms with Gasteiger partial charge in [0.05, 0.1) is 17.8 Å². The molecule has 1 aliphatic rings. The molecule has 140 valence electrons. The van der Waals surface area contributed by atoms with Crippen molar-refractivity contribution in [1.29, 1.82) is 0 Å². The average Bonchev–Trinajstić information content (AvgIpc) is 2.66. The van der Waals surface area contributed by atoms with E-state index in [1.54, 1.807) is 19.2 Å². The quantitative estimate of drug-likeness (QED) is 0.534. The number of nitrogens with one attached hydrogen (secondary N) is 1. The number of halogens is 1. The maximum absolute atomic E-state index is 10.6. The number of hydrogen-bond acceptors (Lipinski definition) is 5. The van der Waals surface area contributed by atoms with E-state index in [1.165, 1.54) is 5.56 Å². The van der Waals surface area contributed by atoms with Crippen molar-refractivity contribution in [3.63, 3.8) is 0 Å². The Kier molecular flexibility index (Phi) is 6.38. The largest absolute Gasteiger partial charge is 0.496 e. The number of likely N-dealkylation sites (tertiary alicyclic amines) is 1. The molecule has 0 bridgehead atoms. The highest BCUT2D eigenvalue weighted by Gasteiger charge is 2.23. The molecule has 2 aromatic rings. The Morgan fingerprint density at radius 3 is 2.62 bits per heavy atom. The van der Waals surface area contributed by atoms with Gasteiger partial charge >= 0.3 is 0 Å². The Morgan fingerprint density at radius 2 is 1.96 bits per heavy atom. The summed E-state index contributed by atoms with van der Waals surface area (Å²) in [6.07, 6.45) is 1.12. The lowest BCUT2D eigenvalue weighted by Crippen LogP contribution is -2.43. The van der Waals surface area contributed by atoms with E-state index < -0.39 is 6.23 Å². The SMILES string of the molecule is COc1cc(N)c(Cl)cc1C(O)NC1CCN(Cc2ccccc2)CC1. The highest BCUT2D eigenvalue weighted by atomic mass is 35.5. The van der Waals surface area contributed by atoms with Crippen molar-refractivity contribution in [3.8, 4) is 5.75 Å². The minimum atomic E-state index is -0.839. The summed E-state index contributed by atoms with van der Waals surface area (Å²) >= 11 is 6.10. The first-order valence-electron chi connectivity index (χ1n) is 8.90. The van der Waals surface area contributed by atoms with Crippen LogP contribution in [-0.2, 0) is 6.54 Å². The molecule has 3 rings (SSSR count). The summed E-state index contributed by atoms with van der Waals surface area (Å²) < 4.78 is 5.33. The summed E-state index contributed by atoms with van der Waals surface area (Å²) in [7, 11) is 1.56. The topological polar surface area (TPSA) is 70.8 Å². The van der Waals surface area contributed by atoms with Gasteiger partial charge in [0.1, 0.15) is 12.0 Å². The number of ether oxygens (including phenoxy) is 1. The number of nitrogen functional groups attached to an aromatic ring is 1. The summed E-state index contributed by atoms with van der Waals surface area (Å²) in [5.74, 6) is 0.536. The maximum atomic E-state index is 10.6. The van der Waals surface area contributed by atoms with Gasteiger partial charge in [0, 0.05) is 24.2 Å². The molecule has 26 heavy (non-hydrogen) atoms. The molecule has 0 radical (unpaired) electrons. The van der Waals surface area contributed by atoms with Crippen molar-refractivity contribution in [3.05, 3.63) is 58.6 Å². The van der Waals surface area contributed by atoms with Crippen LogP contribution in [0.5, 0.6) is 5.75 Å². The van der Waals surface area contributed by atoms with Crippen LogP contribution in [0.4, 0.5) is 5.69 Å². The normalized spacial score (nSPS) is 17.2. The van der Waals surface area contributed by atoms with Gasteiger partial charge in [-0.15, -0.1) is 0 Å². The molecule has 0 aromatic heterocycles. The molecule has 1 atom stereocenters. The summed E-state index contributed by atoms with van der Waals surface area (Å²) in [5, 5.41) is 14.3. The second-order valence-electron chi connectivity index (χ2n) is 6.72. The second kappa shape index (κ2) is 8.73. The van der Waals surface area contributed by atoms with Crippen LogP contribution >= 0.6 is 11.6 Å². The van der Waals surface area contributed by atoms with Crippen LogP contribution in [0.3, 0.4) is 0 Å². The minimum absolute atomic E-state index is 0.248. The third kappa shape index (κ3) is 4.68. The fourth-order valence-electron chi connectivity index (χ4n) is 3.39. The molecule has 2 aromatic carbocycles. The molecule has 0 aliphatic carbocycles. The number of benzene rings is 2. The number of aliphatic hydroxyl groups excluding tert-OH is 1. The van der Waals surface area contributed by atoms with Gasteiger partial charge in [0.15, 0.2) is 0 Å². The Balaban J connectivity index is 1.55. The first-order chi connectivity index (χ1) is 12.6. The van der Waals surface area contributed by atoms with E-state index in [0.29, 0.717) is 22.0 Å². The molecular weight excluding hydrogens is 350 g/mol. The molecular formula is C20H26ClN3O2. The van der Waals surface area contributed by atoms with Gasteiger partial charge in [0.25, 0.3) is 0 Å². The molecule has 0 amide bonds. The second-order valence-corrected chi connectivity index (χ2v) is 7.13. The lowest BCUT2D eigenvalue weighted by molar-refractivity contribution is 0.0952. The van der Waals surface area contributed by atoms with E-state index >= 15 is 0 Å². The van der Waals surface area contributed by atoms with Crippen LogP contribution in [0.25, 0.3) is 0 Å². The smallest absolute Gasteiger partial charge is 0.134 e. The number of methoxy groups -OCH3 is 1. The van der Waals surface area contributed by atoms with Crippen LogP contribution in [-0.4, -0.2) is 36.2 Å². The van der Waals surface area contributed by atoms with E-state index in [1.807, 2.05) is 6.07 Å². The number of aliphatic hydroxyl groups is 1. The van der Waals surface area contributed by atoms with Gasteiger partial charge in [-0.3, -0.25) is 10.2 Å². The van der Waals surface area contributed by atoms with E-state index in [-0.39, 0.29) is 6.04 Å². The fraction of sp³-hybridized carbons (Fsp3) is 0.400. The molecule has 1 saturated heterocycles. The van der Waals surface area contributed by atoms with Crippen molar-refractivity contribution >= 4 is 17.3 Å². The standard InChI is InChI=1S/C20H26ClN3O2/c1-26-19-12-18(22)17(21)11-16(19)20(25)23-15-7-9-24(10-8-15)13-14-5-3-2-4-6-14/h2-6,11-12,15,20,23,25H,7-10,13,22H2,1H3. The fourth-order valence-corrected chi connectivity index (χ4v) is 3.56. The van der Waals surface area contributed by atoms with Crippen molar-refractivity contribution in [1.82, 2.24) is 10.2 Å². The van der Waals surface area contributed by atoms with Crippen LogP contribution in [0.1, 0.15) is 30.2 Å². The zero-order chi connectivity index (χ0) is 18.5. The summed E-state index contributed by atoms with van der Waals surface area (Å²) in [4.78, 5) is 2.45. The van der Waals surface area contributed by atoms with E-state index in [2.05, 4.69) is 34.5 Å². The summed E-state index contributed by atoms with van der Waals surface area (Å²) in [5.41, 5.74) is 8.19. The molecule has 1 heterocycles. The lowest BCUT2D eigenvalue weighted by atomic mass is 10.0. The van der Waals surface area contributed by atoms with E-state index in [0.717, 1.165) is 32.5 Å². The summed E-state index contributed by atoms with van der Waals surface area (Å²) in [6.45, 7) is 2.97. The molecule has 1 fully saturated rings. The van der Waals surface area contributed by atoms with Crippen molar-refractivity contribution in [2.24, 2.45) is 0 Å². The molecule has 1 unspecified atom stereocenters. The predicted molar refractivity (Wildman–Crippen MR) is 105 cm³/mol. The summed E-state index contributed by atoms with van der Waals surface area (Å²) in [6, 6.07) is 14.1. The minimum Gasteiger partial charge on any atom is -0.496 e.